The Balaban J connectivity index is 1.82. The Labute approximate surface area is 109 Å². The van der Waals surface area contributed by atoms with Crippen molar-refractivity contribution in [3.8, 4) is 5.75 Å². The highest BCUT2D eigenvalue weighted by molar-refractivity contribution is 5.50. The zero-order valence-corrected chi connectivity index (χ0v) is 10.7. The molecular weight excluding hydrogens is 226 g/mol. The molecule has 1 aromatic carbocycles. The molecule has 3 heteroatoms. The second kappa shape index (κ2) is 7.19. The van der Waals surface area contributed by atoms with Crippen molar-refractivity contribution in [3.63, 3.8) is 0 Å². The Morgan fingerprint density at radius 1 is 1.17 bits per heavy atom. The molecule has 2 N–H and O–H groups in total. The zero-order chi connectivity index (χ0) is 12.6. The van der Waals surface area contributed by atoms with E-state index in [1.54, 1.807) is 0 Å². The standard InChI is InChI=1S/C15H21NO2/c16-17-12-4-3-5-13-8-10-15(11-9-13)18-14-6-1-2-7-14/h3,5,8-11,14H,1-2,4,6-7,12,16H2/b5-3+. The molecule has 0 aromatic heterocycles. The first-order valence-electron chi connectivity index (χ1n) is 6.63. The van der Waals surface area contributed by atoms with E-state index in [0.29, 0.717) is 12.7 Å². The molecule has 0 saturated heterocycles. The first kappa shape index (κ1) is 13.1. The molecule has 1 aliphatic carbocycles. The van der Waals surface area contributed by atoms with Gasteiger partial charge in [-0.2, -0.15) is 0 Å². The van der Waals surface area contributed by atoms with E-state index in [4.69, 9.17) is 10.6 Å². The van der Waals surface area contributed by atoms with Gasteiger partial charge in [-0.3, -0.25) is 0 Å². The van der Waals surface area contributed by atoms with Gasteiger partial charge in [-0.05, 0) is 49.8 Å². The lowest BCUT2D eigenvalue weighted by Crippen LogP contribution is -2.10. The molecule has 0 bridgehead atoms. The van der Waals surface area contributed by atoms with Gasteiger partial charge in [0, 0.05) is 0 Å². The van der Waals surface area contributed by atoms with E-state index in [2.05, 4.69) is 29.1 Å². The van der Waals surface area contributed by atoms with Crippen molar-refractivity contribution >= 4 is 6.08 Å². The largest absolute Gasteiger partial charge is 0.490 e. The number of hydrogen-bond acceptors (Lipinski definition) is 3. The fraction of sp³-hybridized carbons (Fsp3) is 0.467. The highest BCUT2D eigenvalue weighted by Gasteiger charge is 2.15. The first-order chi connectivity index (χ1) is 8.88. The zero-order valence-electron chi connectivity index (χ0n) is 10.7. The molecule has 0 unspecified atom stereocenters. The lowest BCUT2D eigenvalue weighted by Gasteiger charge is -2.12. The van der Waals surface area contributed by atoms with Gasteiger partial charge in [0.25, 0.3) is 0 Å². The lowest BCUT2D eigenvalue weighted by atomic mass is 10.2. The van der Waals surface area contributed by atoms with Crippen molar-refractivity contribution in [3.05, 3.63) is 35.9 Å². The Bertz CT molecular complexity index is 367. The average molecular weight is 247 g/mol. The summed E-state index contributed by atoms with van der Waals surface area (Å²) in [6.45, 7) is 0.555. The third-order valence-corrected chi connectivity index (χ3v) is 3.20. The Hall–Kier alpha value is -1.32. The van der Waals surface area contributed by atoms with Crippen molar-refractivity contribution in [1.82, 2.24) is 0 Å². The topological polar surface area (TPSA) is 44.5 Å². The van der Waals surface area contributed by atoms with Crippen molar-refractivity contribution in [2.75, 3.05) is 6.61 Å². The predicted octanol–water partition coefficient (Wildman–Crippen LogP) is 3.30. The number of ether oxygens (including phenoxy) is 1. The normalized spacial score (nSPS) is 16.5. The van der Waals surface area contributed by atoms with Crippen LogP contribution < -0.4 is 10.6 Å². The third-order valence-electron chi connectivity index (χ3n) is 3.20. The molecule has 0 atom stereocenters. The predicted molar refractivity (Wildman–Crippen MR) is 73.1 cm³/mol. The minimum atomic E-state index is 0.424. The first-order valence-corrected chi connectivity index (χ1v) is 6.63. The van der Waals surface area contributed by atoms with Crippen molar-refractivity contribution in [2.24, 2.45) is 5.90 Å². The molecule has 0 spiro atoms. The second-order valence-corrected chi connectivity index (χ2v) is 4.66. The molecule has 1 fully saturated rings. The molecule has 1 aromatic rings. The van der Waals surface area contributed by atoms with E-state index < -0.39 is 0 Å². The van der Waals surface area contributed by atoms with E-state index in [1.165, 1.54) is 31.2 Å². The van der Waals surface area contributed by atoms with Gasteiger partial charge >= 0.3 is 0 Å². The summed E-state index contributed by atoms with van der Waals surface area (Å²) in [5.74, 6) is 5.93. The summed E-state index contributed by atoms with van der Waals surface area (Å²) in [4.78, 5) is 4.50. The summed E-state index contributed by atoms with van der Waals surface area (Å²) >= 11 is 0. The summed E-state index contributed by atoms with van der Waals surface area (Å²) in [5.41, 5.74) is 1.17. The van der Waals surface area contributed by atoms with Gasteiger partial charge in [0.05, 0.1) is 12.7 Å². The average Bonchev–Trinajstić information content (AvgIpc) is 2.89. The summed E-state index contributed by atoms with van der Waals surface area (Å²) in [6, 6.07) is 8.23. The van der Waals surface area contributed by atoms with E-state index in [-0.39, 0.29) is 0 Å². The Kier molecular flexibility index (Phi) is 5.24. The Morgan fingerprint density at radius 2 is 1.89 bits per heavy atom. The van der Waals surface area contributed by atoms with Gasteiger partial charge < -0.3 is 9.57 Å². The molecule has 0 radical (unpaired) electrons. The minimum Gasteiger partial charge on any atom is -0.490 e. The molecule has 1 aliphatic rings. The van der Waals surface area contributed by atoms with E-state index in [9.17, 15) is 0 Å². The van der Waals surface area contributed by atoms with Crippen molar-refractivity contribution < 1.29 is 9.57 Å². The molecular formula is C15H21NO2. The number of nitrogens with two attached hydrogens (primary N) is 1. The van der Waals surface area contributed by atoms with E-state index >= 15 is 0 Å². The highest BCUT2D eigenvalue weighted by atomic mass is 16.6. The van der Waals surface area contributed by atoms with Gasteiger partial charge in [-0.25, -0.2) is 5.90 Å². The van der Waals surface area contributed by atoms with Crippen LogP contribution in [0.1, 0.15) is 37.7 Å². The molecule has 1 saturated carbocycles. The monoisotopic (exact) mass is 247 g/mol. The maximum absolute atomic E-state index is 5.91. The summed E-state index contributed by atoms with van der Waals surface area (Å²) in [7, 11) is 0. The summed E-state index contributed by atoms with van der Waals surface area (Å²) in [6.07, 6.45) is 10.4. The van der Waals surface area contributed by atoms with Crippen LogP contribution in [0.2, 0.25) is 0 Å². The van der Waals surface area contributed by atoms with E-state index in [0.717, 1.165) is 12.2 Å². The molecule has 3 nitrogen and oxygen atoms in total. The van der Waals surface area contributed by atoms with Gasteiger partial charge in [0.1, 0.15) is 5.75 Å². The van der Waals surface area contributed by atoms with Crippen LogP contribution in [-0.4, -0.2) is 12.7 Å². The van der Waals surface area contributed by atoms with Crippen LogP contribution in [0.25, 0.3) is 6.08 Å². The van der Waals surface area contributed by atoms with Crippen LogP contribution >= 0.6 is 0 Å². The third kappa shape index (κ3) is 4.17. The fourth-order valence-corrected chi connectivity index (χ4v) is 2.21. The lowest BCUT2D eigenvalue weighted by molar-refractivity contribution is 0.143. The molecule has 18 heavy (non-hydrogen) atoms. The van der Waals surface area contributed by atoms with Crippen LogP contribution in [0.4, 0.5) is 0 Å². The summed E-state index contributed by atoms with van der Waals surface area (Å²) in [5, 5.41) is 0. The van der Waals surface area contributed by atoms with Crippen LogP contribution in [0, 0.1) is 0 Å². The Morgan fingerprint density at radius 3 is 2.56 bits per heavy atom. The second-order valence-electron chi connectivity index (χ2n) is 4.66. The molecule has 0 aliphatic heterocycles. The molecule has 0 heterocycles. The highest BCUT2D eigenvalue weighted by Crippen LogP contribution is 2.24. The van der Waals surface area contributed by atoms with Crippen molar-refractivity contribution in [1.29, 1.82) is 0 Å². The fourth-order valence-electron chi connectivity index (χ4n) is 2.21. The quantitative estimate of drug-likeness (QED) is 0.619. The number of hydrogen-bond donors (Lipinski definition) is 1. The van der Waals surface area contributed by atoms with Gasteiger partial charge in [-0.1, -0.05) is 24.3 Å². The van der Waals surface area contributed by atoms with E-state index in [1.807, 2.05) is 12.1 Å². The maximum Gasteiger partial charge on any atom is 0.119 e. The van der Waals surface area contributed by atoms with Crippen molar-refractivity contribution in [2.45, 2.75) is 38.2 Å². The molecule has 2 rings (SSSR count). The minimum absolute atomic E-state index is 0.424. The SMILES string of the molecule is NOCC/C=C/c1ccc(OC2CCCC2)cc1. The van der Waals surface area contributed by atoms with Crippen LogP contribution in [0.3, 0.4) is 0 Å². The van der Waals surface area contributed by atoms with Gasteiger partial charge in [0.15, 0.2) is 0 Å². The van der Waals surface area contributed by atoms with Gasteiger partial charge in [-0.15, -0.1) is 0 Å². The maximum atomic E-state index is 5.91. The number of benzene rings is 1. The molecule has 0 amide bonds. The van der Waals surface area contributed by atoms with Gasteiger partial charge in [0.2, 0.25) is 0 Å². The van der Waals surface area contributed by atoms with Crippen LogP contribution in [0.15, 0.2) is 30.3 Å². The number of rotatable bonds is 6. The smallest absolute Gasteiger partial charge is 0.119 e. The molecule has 98 valence electrons. The van der Waals surface area contributed by atoms with Crippen LogP contribution in [-0.2, 0) is 4.84 Å². The van der Waals surface area contributed by atoms with Crippen LogP contribution in [0.5, 0.6) is 5.75 Å². The summed E-state index contributed by atoms with van der Waals surface area (Å²) < 4.78 is 5.91.